The highest BCUT2D eigenvalue weighted by Gasteiger charge is 2.46. The number of halogens is 2. The second kappa shape index (κ2) is 5.50. The maximum absolute atomic E-state index is 13.9. The number of sulfonamides is 1. The Morgan fingerprint density at radius 2 is 1.78 bits per heavy atom. The third kappa shape index (κ3) is 4.04. The minimum Gasteiger partial charge on any atom is -0.322 e. The zero-order valence-electron chi connectivity index (χ0n) is 13.0. The molecule has 2 rings (SSSR count). The Balaban J connectivity index is 2.38. The average Bonchev–Trinajstić information content (AvgIpc) is 3.08. The highest BCUT2D eigenvalue weighted by atomic mass is 32.2. The first-order valence-corrected chi connectivity index (χ1v) is 8.46. The summed E-state index contributed by atoms with van der Waals surface area (Å²) < 4.78 is 54.4. The summed E-state index contributed by atoms with van der Waals surface area (Å²) in [6.07, 6.45) is 0.913. The first kappa shape index (κ1) is 17.8. The summed E-state index contributed by atoms with van der Waals surface area (Å²) in [7, 11) is -4.22. The van der Waals surface area contributed by atoms with Crippen LogP contribution < -0.4 is 15.8 Å². The van der Waals surface area contributed by atoms with Crippen LogP contribution in [0.3, 0.4) is 0 Å². The number of amides is 1. The molecule has 23 heavy (non-hydrogen) atoms. The minimum absolute atomic E-state index is 0.420. The van der Waals surface area contributed by atoms with E-state index >= 15 is 0 Å². The molecule has 0 radical (unpaired) electrons. The van der Waals surface area contributed by atoms with Crippen molar-refractivity contribution in [2.24, 2.45) is 5.73 Å². The second-order valence-electron chi connectivity index (χ2n) is 6.73. The molecule has 0 aromatic heterocycles. The van der Waals surface area contributed by atoms with E-state index in [1.807, 2.05) is 0 Å². The third-order valence-electron chi connectivity index (χ3n) is 3.24. The van der Waals surface area contributed by atoms with Crippen molar-refractivity contribution in [1.29, 1.82) is 0 Å². The van der Waals surface area contributed by atoms with E-state index in [0.717, 1.165) is 6.07 Å². The number of anilines is 1. The molecule has 0 unspecified atom stereocenters. The van der Waals surface area contributed by atoms with E-state index in [1.54, 1.807) is 20.8 Å². The Bertz CT molecular complexity index is 753. The summed E-state index contributed by atoms with van der Waals surface area (Å²) in [6.45, 7) is 4.75. The van der Waals surface area contributed by atoms with Crippen LogP contribution in [0.1, 0.15) is 33.6 Å². The van der Waals surface area contributed by atoms with Crippen LogP contribution >= 0.6 is 0 Å². The summed E-state index contributed by atoms with van der Waals surface area (Å²) >= 11 is 0. The summed E-state index contributed by atoms with van der Waals surface area (Å²) in [5.74, 6) is -2.95. The van der Waals surface area contributed by atoms with Crippen molar-refractivity contribution >= 4 is 21.6 Å². The van der Waals surface area contributed by atoms with E-state index in [1.165, 1.54) is 0 Å². The largest absolute Gasteiger partial charge is 0.322 e. The molecule has 1 fully saturated rings. The highest BCUT2D eigenvalue weighted by Crippen LogP contribution is 2.34. The highest BCUT2D eigenvalue weighted by molar-refractivity contribution is 7.89. The molecule has 0 bridgehead atoms. The van der Waals surface area contributed by atoms with Gasteiger partial charge in [0.15, 0.2) is 0 Å². The van der Waals surface area contributed by atoms with E-state index in [4.69, 9.17) is 5.73 Å². The van der Waals surface area contributed by atoms with Crippen molar-refractivity contribution in [1.82, 2.24) is 4.72 Å². The van der Waals surface area contributed by atoms with E-state index in [2.05, 4.69) is 10.0 Å². The molecule has 1 aromatic carbocycles. The number of carbonyl (C=O) groups excluding carboxylic acids is 1. The van der Waals surface area contributed by atoms with Gasteiger partial charge in [-0.3, -0.25) is 4.79 Å². The first-order chi connectivity index (χ1) is 10.3. The second-order valence-corrected chi connectivity index (χ2v) is 8.38. The zero-order chi connectivity index (χ0) is 17.6. The molecule has 1 aliphatic rings. The molecule has 6 nitrogen and oxygen atoms in total. The topological polar surface area (TPSA) is 101 Å². The van der Waals surface area contributed by atoms with Gasteiger partial charge in [-0.15, -0.1) is 0 Å². The molecule has 0 heterocycles. The Morgan fingerprint density at radius 1 is 1.22 bits per heavy atom. The monoisotopic (exact) mass is 347 g/mol. The van der Waals surface area contributed by atoms with Crippen molar-refractivity contribution in [2.45, 2.75) is 49.6 Å². The Kier molecular flexibility index (Phi) is 4.25. The van der Waals surface area contributed by atoms with Crippen molar-refractivity contribution in [3.63, 3.8) is 0 Å². The molecule has 1 amide bonds. The molecule has 128 valence electrons. The fourth-order valence-electron chi connectivity index (χ4n) is 1.90. The normalized spacial score (nSPS) is 17.0. The number of nitrogens with one attached hydrogen (secondary N) is 2. The van der Waals surface area contributed by atoms with Crippen LogP contribution in [0, 0.1) is 11.6 Å². The molecule has 4 N–H and O–H groups in total. The van der Waals surface area contributed by atoms with Crippen molar-refractivity contribution in [3.8, 4) is 0 Å². The van der Waals surface area contributed by atoms with Gasteiger partial charge in [-0.05, 0) is 39.7 Å². The molecule has 9 heteroatoms. The third-order valence-corrected chi connectivity index (χ3v) is 5.01. The lowest BCUT2D eigenvalue weighted by Crippen LogP contribution is -2.41. The van der Waals surface area contributed by atoms with Gasteiger partial charge in [-0.25, -0.2) is 21.9 Å². The number of benzene rings is 1. The van der Waals surface area contributed by atoms with Crippen molar-refractivity contribution < 1.29 is 22.0 Å². The van der Waals surface area contributed by atoms with Crippen LogP contribution in [0.2, 0.25) is 0 Å². The van der Waals surface area contributed by atoms with Gasteiger partial charge >= 0.3 is 0 Å². The molecular weight excluding hydrogens is 328 g/mol. The fourth-order valence-corrected chi connectivity index (χ4v) is 3.40. The minimum atomic E-state index is -4.22. The SMILES string of the molecule is CC(C)(C)NS(=O)(=O)c1cc(NC(=O)C2(N)CC2)c(F)cc1F. The van der Waals surface area contributed by atoms with Crippen molar-refractivity contribution in [2.75, 3.05) is 5.32 Å². The van der Waals surface area contributed by atoms with Crippen LogP contribution in [-0.4, -0.2) is 25.4 Å². The van der Waals surface area contributed by atoms with Gasteiger partial charge in [0, 0.05) is 11.6 Å². The van der Waals surface area contributed by atoms with Gasteiger partial charge in [-0.2, -0.15) is 0 Å². The van der Waals surface area contributed by atoms with Crippen LogP contribution in [0.4, 0.5) is 14.5 Å². The molecule has 0 atom stereocenters. The molecule has 1 saturated carbocycles. The lowest BCUT2D eigenvalue weighted by atomic mass is 10.1. The van der Waals surface area contributed by atoms with Crippen LogP contribution in [-0.2, 0) is 14.8 Å². The maximum atomic E-state index is 13.9. The van der Waals surface area contributed by atoms with E-state index in [-0.39, 0.29) is 0 Å². The molecule has 0 aliphatic heterocycles. The number of hydrogen-bond donors (Lipinski definition) is 3. The molecule has 1 aromatic rings. The number of rotatable bonds is 4. The van der Waals surface area contributed by atoms with E-state index in [9.17, 15) is 22.0 Å². The maximum Gasteiger partial charge on any atom is 0.244 e. The lowest BCUT2D eigenvalue weighted by molar-refractivity contribution is -0.118. The molecule has 0 spiro atoms. The Hall–Kier alpha value is -1.58. The van der Waals surface area contributed by atoms with Crippen LogP contribution in [0.25, 0.3) is 0 Å². The van der Waals surface area contributed by atoms with Gasteiger partial charge < -0.3 is 11.1 Å². The zero-order valence-corrected chi connectivity index (χ0v) is 13.9. The summed E-state index contributed by atoms with van der Waals surface area (Å²) in [6, 6.07) is 1.17. The predicted molar refractivity (Wildman–Crippen MR) is 81.2 cm³/mol. The van der Waals surface area contributed by atoms with Gasteiger partial charge in [-0.1, -0.05) is 0 Å². The van der Waals surface area contributed by atoms with Crippen LogP contribution in [0.15, 0.2) is 17.0 Å². The van der Waals surface area contributed by atoms with Crippen molar-refractivity contribution in [3.05, 3.63) is 23.8 Å². The lowest BCUT2D eigenvalue weighted by Gasteiger charge is -2.21. The quantitative estimate of drug-likeness (QED) is 0.768. The standard InChI is InChI=1S/C14H19F2N3O3S/c1-13(2,3)19-23(21,22)11-7-10(8(15)6-9(11)16)18-12(20)14(17)4-5-14/h6-7,19H,4-5,17H2,1-3H3,(H,18,20). The first-order valence-electron chi connectivity index (χ1n) is 6.97. The fraction of sp³-hybridized carbons (Fsp3) is 0.500. The predicted octanol–water partition coefficient (Wildman–Crippen LogP) is 1.47. The van der Waals surface area contributed by atoms with Gasteiger partial charge in [0.2, 0.25) is 15.9 Å². The molecule has 1 aliphatic carbocycles. The Morgan fingerprint density at radius 3 is 2.26 bits per heavy atom. The van der Waals surface area contributed by atoms with E-state index < -0.39 is 49.2 Å². The van der Waals surface area contributed by atoms with E-state index in [0.29, 0.717) is 18.9 Å². The number of carbonyl (C=O) groups is 1. The Labute approximate surface area is 133 Å². The van der Waals surface area contributed by atoms with Gasteiger partial charge in [0.25, 0.3) is 0 Å². The van der Waals surface area contributed by atoms with Gasteiger partial charge in [0.1, 0.15) is 16.5 Å². The smallest absolute Gasteiger partial charge is 0.244 e. The molecular formula is C14H19F2N3O3S. The van der Waals surface area contributed by atoms with Crippen LogP contribution in [0.5, 0.6) is 0 Å². The summed E-state index contributed by atoms with van der Waals surface area (Å²) in [5, 5.41) is 2.22. The summed E-state index contributed by atoms with van der Waals surface area (Å²) in [5.41, 5.74) is 3.34. The average molecular weight is 347 g/mol. The number of nitrogens with two attached hydrogens (primary N) is 1. The number of hydrogen-bond acceptors (Lipinski definition) is 4. The summed E-state index contributed by atoms with van der Waals surface area (Å²) in [4.78, 5) is 11.1. The molecule has 0 saturated heterocycles. The van der Waals surface area contributed by atoms with Gasteiger partial charge in [0.05, 0.1) is 11.2 Å².